The number of amides is 1. The molecule has 2 aliphatic rings. The number of benzene rings is 1. The number of carbonyl (C=O) groups excluding carboxylic acids is 1. The lowest BCUT2D eigenvalue weighted by Gasteiger charge is -2.31. The van der Waals surface area contributed by atoms with Gasteiger partial charge in [0.1, 0.15) is 11.4 Å². The Balaban J connectivity index is 1.54. The summed E-state index contributed by atoms with van der Waals surface area (Å²) in [5, 5.41) is 8.34. The van der Waals surface area contributed by atoms with Gasteiger partial charge in [0, 0.05) is 25.8 Å². The second kappa shape index (κ2) is 8.78. The monoisotopic (exact) mass is 484 g/mol. The van der Waals surface area contributed by atoms with Crippen LogP contribution in [0.3, 0.4) is 0 Å². The molecule has 4 rings (SSSR count). The van der Waals surface area contributed by atoms with Crippen LogP contribution in [0.4, 0.5) is 36.3 Å². The van der Waals surface area contributed by atoms with Gasteiger partial charge in [0.05, 0.1) is 24.1 Å². The highest BCUT2D eigenvalue weighted by molar-refractivity contribution is 7.88. The molecule has 0 unspecified atom stereocenters. The van der Waals surface area contributed by atoms with Crippen LogP contribution in [0.1, 0.15) is 24.0 Å². The lowest BCUT2D eigenvalue weighted by molar-refractivity contribution is -0.137. The average molecular weight is 485 g/mol. The molecule has 1 aromatic carbocycles. The molecule has 0 saturated carbocycles. The molecule has 0 aliphatic carbocycles. The third-order valence-electron chi connectivity index (χ3n) is 5.62. The Morgan fingerprint density at radius 2 is 2.09 bits per heavy atom. The van der Waals surface area contributed by atoms with E-state index in [9.17, 15) is 26.4 Å². The van der Waals surface area contributed by atoms with E-state index >= 15 is 0 Å². The quantitative estimate of drug-likeness (QED) is 0.577. The summed E-state index contributed by atoms with van der Waals surface area (Å²) in [6.45, 7) is 0.768. The molecule has 2 aliphatic heterocycles. The highest BCUT2D eigenvalue weighted by Gasteiger charge is 2.36. The molecule has 13 heteroatoms. The van der Waals surface area contributed by atoms with Crippen LogP contribution in [-0.2, 0) is 27.4 Å². The Morgan fingerprint density at radius 3 is 2.82 bits per heavy atom. The highest BCUT2D eigenvalue weighted by atomic mass is 32.2. The minimum atomic E-state index is -4.67. The first-order valence-electron chi connectivity index (χ1n) is 10.3. The van der Waals surface area contributed by atoms with Gasteiger partial charge in [0.25, 0.3) is 0 Å². The zero-order valence-electron chi connectivity index (χ0n) is 17.7. The van der Waals surface area contributed by atoms with Crippen LogP contribution >= 0.6 is 0 Å². The molecule has 3 N–H and O–H groups in total. The first kappa shape index (κ1) is 23.2. The summed E-state index contributed by atoms with van der Waals surface area (Å²) in [5.74, 6) is -0.798. The van der Waals surface area contributed by atoms with Gasteiger partial charge in [0.15, 0.2) is 0 Å². The summed E-state index contributed by atoms with van der Waals surface area (Å²) < 4.78 is 65.6. The number of halogens is 3. The van der Waals surface area contributed by atoms with E-state index in [1.165, 1.54) is 4.31 Å². The van der Waals surface area contributed by atoms with E-state index in [-0.39, 0.29) is 37.3 Å². The van der Waals surface area contributed by atoms with Gasteiger partial charge in [-0.05, 0) is 30.4 Å². The van der Waals surface area contributed by atoms with Crippen LogP contribution in [0.5, 0.6) is 0 Å². The normalized spacial score (nSPS) is 19.2. The van der Waals surface area contributed by atoms with Crippen molar-refractivity contribution in [1.29, 1.82) is 0 Å². The molecule has 0 bridgehead atoms. The zero-order chi connectivity index (χ0) is 23.8. The largest absolute Gasteiger partial charge is 0.421 e. The van der Waals surface area contributed by atoms with Crippen molar-refractivity contribution in [2.45, 2.75) is 25.4 Å². The van der Waals surface area contributed by atoms with Gasteiger partial charge in [-0.1, -0.05) is 12.1 Å². The van der Waals surface area contributed by atoms with Gasteiger partial charge in [-0.3, -0.25) is 4.79 Å². The second-order valence-corrected chi connectivity index (χ2v) is 10.1. The predicted octanol–water partition coefficient (Wildman–Crippen LogP) is 2.82. The van der Waals surface area contributed by atoms with Crippen molar-refractivity contribution in [1.82, 2.24) is 14.3 Å². The molecule has 178 valence electrons. The van der Waals surface area contributed by atoms with Crippen molar-refractivity contribution in [3.63, 3.8) is 0 Å². The van der Waals surface area contributed by atoms with E-state index in [0.717, 1.165) is 11.8 Å². The fourth-order valence-electron chi connectivity index (χ4n) is 4.00. The molecule has 2 aromatic rings. The smallest absolute Gasteiger partial charge is 0.369 e. The van der Waals surface area contributed by atoms with Crippen molar-refractivity contribution in [3.05, 3.63) is 35.5 Å². The Hall–Kier alpha value is -2.93. The van der Waals surface area contributed by atoms with E-state index in [1.54, 1.807) is 18.2 Å². The van der Waals surface area contributed by atoms with Gasteiger partial charge in [-0.2, -0.15) is 18.2 Å². The molecule has 1 atom stereocenters. The van der Waals surface area contributed by atoms with E-state index in [1.807, 2.05) is 0 Å². The third kappa shape index (κ3) is 5.36. The summed E-state index contributed by atoms with van der Waals surface area (Å²) in [6.07, 6.45) is -1.32. The molecule has 3 heterocycles. The van der Waals surface area contributed by atoms with Crippen molar-refractivity contribution in [2.75, 3.05) is 41.8 Å². The van der Waals surface area contributed by atoms with Gasteiger partial charge in [-0.15, -0.1) is 0 Å². The second-order valence-electron chi connectivity index (χ2n) is 8.15. The number of fused-ring (bicyclic) bond motifs is 1. The highest BCUT2D eigenvalue weighted by Crippen LogP contribution is 2.36. The van der Waals surface area contributed by atoms with Gasteiger partial charge >= 0.3 is 6.18 Å². The molecule has 1 fully saturated rings. The topological polar surface area (TPSA) is 116 Å². The minimum absolute atomic E-state index is 0.0681. The number of aromatic nitrogens is 2. The number of carbonyl (C=O) groups is 1. The van der Waals surface area contributed by atoms with Crippen LogP contribution in [0, 0.1) is 5.92 Å². The van der Waals surface area contributed by atoms with E-state index < -0.39 is 27.6 Å². The van der Waals surface area contributed by atoms with Crippen LogP contribution < -0.4 is 16.0 Å². The number of alkyl halides is 3. The Bertz CT molecular complexity index is 1170. The molecule has 0 spiro atoms. The summed E-state index contributed by atoms with van der Waals surface area (Å²) in [5.41, 5.74) is 0.766. The van der Waals surface area contributed by atoms with Crippen molar-refractivity contribution in [3.8, 4) is 0 Å². The number of sulfonamides is 1. The van der Waals surface area contributed by atoms with Crippen LogP contribution in [0.25, 0.3) is 0 Å². The molecule has 1 amide bonds. The van der Waals surface area contributed by atoms with E-state index in [4.69, 9.17) is 0 Å². The molecule has 1 aromatic heterocycles. The molecule has 1 saturated heterocycles. The van der Waals surface area contributed by atoms with Gasteiger partial charge in [-0.25, -0.2) is 17.7 Å². The SMILES string of the molecule is CS(=O)(=O)N1CCC[C@@H](CNc2nc(Nc3cccc4c3NC(=O)C4)ncc2C(F)(F)F)C1. The number of hydrogen-bond donors (Lipinski definition) is 3. The van der Waals surface area contributed by atoms with Crippen LogP contribution in [0.2, 0.25) is 0 Å². The molecular formula is C20H23F3N6O3S. The number of para-hydroxylation sites is 1. The number of anilines is 4. The summed E-state index contributed by atoms with van der Waals surface area (Å²) >= 11 is 0. The maximum atomic E-state index is 13.5. The maximum Gasteiger partial charge on any atom is 0.421 e. The first-order valence-corrected chi connectivity index (χ1v) is 12.2. The third-order valence-corrected chi connectivity index (χ3v) is 6.89. The number of rotatable bonds is 6. The fraction of sp³-hybridized carbons (Fsp3) is 0.450. The van der Waals surface area contributed by atoms with E-state index in [0.29, 0.717) is 37.0 Å². The first-order chi connectivity index (χ1) is 15.5. The van der Waals surface area contributed by atoms with Crippen LogP contribution in [0.15, 0.2) is 24.4 Å². The molecule has 33 heavy (non-hydrogen) atoms. The van der Waals surface area contributed by atoms with Crippen LogP contribution in [-0.4, -0.2) is 54.5 Å². The van der Waals surface area contributed by atoms with E-state index in [2.05, 4.69) is 25.9 Å². The van der Waals surface area contributed by atoms with Crippen molar-refractivity contribution < 1.29 is 26.4 Å². The Labute approximate surface area is 188 Å². The van der Waals surface area contributed by atoms with Gasteiger partial charge in [0.2, 0.25) is 21.9 Å². The van der Waals surface area contributed by atoms with Crippen molar-refractivity contribution >= 4 is 39.1 Å². The number of nitrogens with one attached hydrogen (secondary N) is 3. The lowest BCUT2D eigenvalue weighted by atomic mass is 10.00. The molecule has 9 nitrogen and oxygen atoms in total. The Kier molecular flexibility index (Phi) is 6.18. The number of piperidine rings is 1. The summed E-state index contributed by atoms with van der Waals surface area (Å²) in [4.78, 5) is 19.5. The average Bonchev–Trinajstić information content (AvgIpc) is 3.12. The Morgan fingerprint density at radius 1 is 1.30 bits per heavy atom. The number of nitrogens with zero attached hydrogens (tertiary/aromatic N) is 3. The predicted molar refractivity (Wildman–Crippen MR) is 117 cm³/mol. The van der Waals surface area contributed by atoms with Crippen molar-refractivity contribution in [2.24, 2.45) is 5.92 Å². The molecular weight excluding hydrogens is 461 g/mol. The molecule has 0 radical (unpaired) electrons. The minimum Gasteiger partial charge on any atom is -0.369 e. The van der Waals surface area contributed by atoms with Gasteiger partial charge < -0.3 is 16.0 Å². The summed E-state index contributed by atoms with van der Waals surface area (Å²) in [6, 6.07) is 5.17. The lowest BCUT2D eigenvalue weighted by Crippen LogP contribution is -2.41. The standard InChI is InChI=1S/C20H23F3N6O3S/c1-33(31,32)29-7-3-4-12(11-29)9-24-18-14(20(21,22)23)10-25-19(28-18)26-15-6-2-5-13-8-16(30)27-17(13)15/h2,5-6,10,12H,3-4,7-9,11H2,1H3,(H,27,30)(H2,24,25,26,28)/t12-/m0/s1. The maximum absolute atomic E-state index is 13.5. The zero-order valence-corrected chi connectivity index (χ0v) is 18.6. The summed E-state index contributed by atoms with van der Waals surface area (Å²) in [7, 11) is -3.36. The number of hydrogen-bond acceptors (Lipinski definition) is 7. The fourth-order valence-corrected chi connectivity index (χ4v) is 4.94.